The van der Waals surface area contributed by atoms with Crippen molar-refractivity contribution >= 4 is 39.3 Å². The molecule has 5 nitrogen and oxygen atoms in total. The zero-order valence-electron chi connectivity index (χ0n) is 9.21. The first-order chi connectivity index (χ1) is 8.58. The van der Waals surface area contributed by atoms with Gasteiger partial charge in [0.05, 0.1) is 16.8 Å². The van der Waals surface area contributed by atoms with Gasteiger partial charge in [-0.2, -0.15) is 5.10 Å². The van der Waals surface area contributed by atoms with Crippen LogP contribution in [0.15, 0.2) is 28.9 Å². The first-order valence-corrected chi connectivity index (χ1v) is 6.26. The van der Waals surface area contributed by atoms with Crippen LogP contribution in [0.25, 0.3) is 0 Å². The lowest BCUT2D eigenvalue weighted by molar-refractivity contribution is 0.0951. The fourth-order valence-corrected chi connectivity index (χ4v) is 1.97. The number of nitrogens with one attached hydrogen (secondary N) is 2. The number of amides is 1. The summed E-state index contributed by atoms with van der Waals surface area (Å²) in [7, 11) is 0. The third-order valence-electron chi connectivity index (χ3n) is 2.36. The predicted molar refractivity (Wildman–Crippen MR) is 73.3 cm³/mol. The average molecular weight is 330 g/mol. The van der Waals surface area contributed by atoms with Gasteiger partial charge in [0, 0.05) is 16.6 Å². The standard InChI is InChI=1S/C11H10BrClN4O/c12-7-1-2-9(13)8(3-7)11(18)15-4-6-5-16-17-10(6)14/h1-3,5H,4H2,(H,15,18)(H3,14,16,17). The Morgan fingerprint density at radius 3 is 3.00 bits per heavy atom. The summed E-state index contributed by atoms with van der Waals surface area (Å²) in [6, 6.07) is 5.09. The number of nitrogen functional groups attached to an aromatic ring is 1. The van der Waals surface area contributed by atoms with Crippen molar-refractivity contribution < 1.29 is 4.79 Å². The Kier molecular flexibility index (Phi) is 3.88. The molecule has 0 saturated heterocycles. The van der Waals surface area contributed by atoms with Crippen molar-refractivity contribution in [1.29, 1.82) is 0 Å². The molecule has 94 valence electrons. The topological polar surface area (TPSA) is 83.8 Å². The van der Waals surface area contributed by atoms with Crippen molar-refractivity contribution in [2.24, 2.45) is 0 Å². The summed E-state index contributed by atoms with van der Waals surface area (Å²) in [5.41, 5.74) is 6.76. The molecule has 2 aromatic rings. The van der Waals surface area contributed by atoms with Gasteiger partial charge >= 0.3 is 0 Å². The second-order valence-electron chi connectivity index (χ2n) is 3.62. The molecule has 0 radical (unpaired) electrons. The van der Waals surface area contributed by atoms with Crippen LogP contribution in [0.1, 0.15) is 15.9 Å². The van der Waals surface area contributed by atoms with Gasteiger partial charge in [-0.05, 0) is 18.2 Å². The fourth-order valence-electron chi connectivity index (χ4n) is 1.40. The number of benzene rings is 1. The summed E-state index contributed by atoms with van der Waals surface area (Å²) >= 11 is 9.25. The number of hydrogen-bond donors (Lipinski definition) is 3. The van der Waals surface area contributed by atoms with Crippen LogP contribution < -0.4 is 11.1 Å². The SMILES string of the molecule is Nc1[nH]ncc1CNC(=O)c1cc(Br)ccc1Cl. The van der Waals surface area contributed by atoms with E-state index in [1.807, 2.05) is 0 Å². The highest BCUT2D eigenvalue weighted by Crippen LogP contribution is 2.21. The van der Waals surface area contributed by atoms with Crippen molar-refractivity contribution in [3.63, 3.8) is 0 Å². The van der Waals surface area contributed by atoms with E-state index in [1.165, 1.54) is 0 Å². The molecular formula is C11H10BrClN4O. The number of H-pyrrole nitrogens is 1. The van der Waals surface area contributed by atoms with Gasteiger partial charge < -0.3 is 11.1 Å². The second kappa shape index (κ2) is 5.41. The Labute approximate surface area is 117 Å². The van der Waals surface area contributed by atoms with E-state index < -0.39 is 0 Å². The Hall–Kier alpha value is -1.53. The fraction of sp³-hybridized carbons (Fsp3) is 0.0909. The number of aromatic nitrogens is 2. The lowest BCUT2D eigenvalue weighted by atomic mass is 10.2. The van der Waals surface area contributed by atoms with Gasteiger partial charge in [0.1, 0.15) is 5.82 Å². The smallest absolute Gasteiger partial charge is 0.253 e. The highest BCUT2D eigenvalue weighted by atomic mass is 79.9. The lowest BCUT2D eigenvalue weighted by Gasteiger charge is -2.06. The number of hydrogen-bond acceptors (Lipinski definition) is 3. The van der Waals surface area contributed by atoms with Crippen LogP contribution in [0, 0.1) is 0 Å². The van der Waals surface area contributed by atoms with Gasteiger partial charge in [-0.25, -0.2) is 0 Å². The van der Waals surface area contributed by atoms with E-state index in [0.29, 0.717) is 22.9 Å². The zero-order chi connectivity index (χ0) is 13.1. The van der Waals surface area contributed by atoms with E-state index in [1.54, 1.807) is 24.4 Å². The number of rotatable bonds is 3. The third kappa shape index (κ3) is 2.83. The molecule has 18 heavy (non-hydrogen) atoms. The van der Waals surface area contributed by atoms with Crippen LogP contribution in [0.5, 0.6) is 0 Å². The Morgan fingerprint density at radius 1 is 1.56 bits per heavy atom. The number of carbonyl (C=O) groups excluding carboxylic acids is 1. The van der Waals surface area contributed by atoms with Crippen LogP contribution >= 0.6 is 27.5 Å². The molecule has 0 aliphatic carbocycles. The maximum Gasteiger partial charge on any atom is 0.253 e. The first-order valence-electron chi connectivity index (χ1n) is 5.09. The van der Waals surface area contributed by atoms with Gasteiger partial charge in [-0.1, -0.05) is 27.5 Å². The molecule has 1 aromatic heterocycles. The largest absolute Gasteiger partial charge is 0.384 e. The molecule has 0 saturated carbocycles. The van der Waals surface area contributed by atoms with Crippen molar-refractivity contribution in [3.05, 3.63) is 45.0 Å². The average Bonchev–Trinajstić information content (AvgIpc) is 2.75. The van der Waals surface area contributed by atoms with Crippen LogP contribution in [-0.2, 0) is 6.54 Å². The van der Waals surface area contributed by atoms with Gasteiger partial charge in [-0.3, -0.25) is 9.89 Å². The van der Waals surface area contributed by atoms with Gasteiger partial charge in [0.25, 0.3) is 5.91 Å². The molecule has 0 bridgehead atoms. The molecule has 0 fully saturated rings. The van der Waals surface area contributed by atoms with Gasteiger partial charge in [0.15, 0.2) is 0 Å². The first kappa shape index (κ1) is 12.9. The number of anilines is 1. The van der Waals surface area contributed by atoms with E-state index in [9.17, 15) is 4.79 Å². The molecule has 0 spiro atoms. The van der Waals surface area contributed by atoms with Crippen molar-refractivity contribution in [2.45, 2.75) is 6.54 Å². The van der Waals surface area contributed by atoms with Crippen molar-refractivity contribution in [1.82, 2.24) is 15.5 Å². The number of carbonyl (C=O) groups is 1. The molecule has 0 atom stereocenters. The summed E-state index contributed by atoms with van der Waals surface area (Å²) < 4.78 is 0.792. The maximum atomic E-state index is 11.9. The molecule has 1 aromatic carbocycles. The molecule has 1 amide bonds. The van der Waals surface area contributed by atoms with Crippen molar-refractivity contribution in [2.75, 3.05) is 5.73 Å². The normalized spacial score (nSPS) is 10.3. The second-order valence-corrected chi connectivity index (χ2v) is 4.94. The molecule has 0 aliphatic rings. The molecular weight excluding hydrogens is 320 g/mol. The van der Waals surface area contributed by atoms with Crippen LogP contribution in [0.2, 0.25) is 5.02 Å². The minimum atomic E-state index is -0.262. The molecule has 0 aliphatic heterocycles. The number of aromatic amines is 1. The predicted octanol–water partition coefficient (Wildman–Crippen LogP) is 2.34. The minimum absolute atomic E-state index is 0.262. The van der Waals surface area contributed by atoms with E-state index in [-0.39, 0.29) is 5.91 Å². The lowest BCUT2D eigenvalue weighted by Crippen LogP contribution is -2.23. The van der Waals surface area contributed by atoms with E-state index >= 15 is 0 Å². The minimum Gasteiger partial charge on any atom is -0.384 e. The van der Waals surface area contributed by atoms with Crippen LogP contribution in [-0.4, -0.2) is 16.1 Å². The van der Waals surface area contributed by atoms with Crippen LogP contribution in [0.4, 0.5) is 5.82 Å². The molecule has 2 rings (SSSR count). The highest BCUT2D eigenvalue weighted by Gasteiger charge is 2.11. The number of nitrogens with two attached hydrogens (primary N) is 1. The van der Waals surface area contributed by atoms with E-state index in [4.69, 9.17) is 17.3 Å². The highest BCUT2D eigenvalue weighted by molar-refractivity contribution is 9.10. The van der Waals surface area contributed by atoms with Gasteiger partial charge in [-0.15, -0.1) is 0 Å². The summed E-state index contributed by atoms with van der Waals surface area (Å²) in [5.74, 6) is 0.178. The number of nitrogens with zero attached hydrogens (tertiary/aromatic N) is 1. The third-order valence-corrected chi connectivity index (χ3v) is 3.19. The van der Waals surface area contributed by atoms with Gasteiger partial charge in [0.2, 0.25) is 0 Å². The molecule has 7 heteroatoms. The summed E-state index contributed by atoms with van der Waals surface area (Å²) in [6.45, 7) is 0.296. The van der Waals surface area contributed by atoms with E-state index in [0.717, 1.165) is 10.0 Å². The Morgan fingerprint density at radius 2 is 2.33 bits per heavy atom. The number of halogens is 2. The molecule has 4 N–H and O–H groups in total. The van der Waals surface area contributed by atoms with Crippen molar-refractivity contribution in [3.8, 4) is 0 Å². The molecule has 0 unspecified atom stereocenters. The monoisotopic (exact) mass is 328 g/mol. The summed E-state index contributed by atoms with van der Waals surface area (Å²) in [5, 5.41) is 9.49. The van der Waals surface area contributed by atoms with Crippen LogP contribution in [0.3, 0.4) is 0 Å². The Balaban J connectivity index is 2.08. The quantitative estimate of drug-likeness (QED) is 0.808. The maximum absolute atomic E-state index is 11.9. The molecule has 1 heterocycles. The van der Waals surface area contributed by atoms with E-state index in [2.05, 4.69) is 31.4 Å². The Bertz CT molecular complexity index is 584. The zero-order valence-corrected chi connectivity index (χ0v) is 11.5. The summed E-state index contributed by atoms with van der Waals surface area (Å²) in [4.78, 5) is 11.9. The summed E-state index contributed by atoms with van der Waals surface area (Å²) in [6.07, 6.45) is 1.57.